The van der Waals surface area contributed by atoms with Crippen molar-refractivity contribution >= 4 is 16.6 Å². The summed E-state index contributed by atoms with van der Waals surface area (Å²) >= 11 is 0. The van der Waals surface area contributed by atoms with E-state index in [1.54, 1.807) is 11.5 Å². The SMILES string of the molecule is CC[C@@H]1[C@H](N)CN(c2c(F)cc3c(=O)n(N)c(=O)n(C4CC4)c3c2C)C[C@@H]1C. The molecule has 0 spiro atoms. The molecule has 4 rings (SSSR count). The number of nitrogen functional groups attached to an aromatic ring is 1. The highest BCUT2D eigenvalue weighted by atomic mass is 19.1. The van der Waals surface area contributed by atoms with Crippen LogP contribution in [0.15, 0.2) is 15.7 Å². The minimum absolute atomic E-state index is 0.00872. The third kappa shape index (κ3) is 2.73. The van der Waals surface area contributed by atoms with Gasteiger partial charge in [-0.25, -0.2) is 9.18 Å². The van der Waals surface area contributed by atoms with Gasteiger partial charge in [0, 0.05) is 30.7 Å². The van der Waals surface area contributed by atoms with Crippen molar-refractivity contribution in [3.8, 4) is 0 Å². The van der Waals surface area contributed by atoms with Crippen LogP contribution in [0.1, 0.15) is 44.7 Å². The Labute approximate surface area is 162 Å². The van der Waals surface area contributed by atoms with E-state index in [-0.39, 0.29) is 17.5 Å². The third-order valence-corrected chi connectivity index (χ3v) is 6.49. The Morgan fingerprint density at radius 1 is 1.25 bits per heavy atom. The van der Waals surface area contributed by atoms with Crippen molar-refractivity contribution in [2.45, 2.75) is 52.1 Å². The Hall–Kier alpha value is -2.35. The average molecular weight is 389 g/mol. The summed E-state index contributed by atoms with van der Waals surface area (Å²) in [6, 6.07) is 1.18. The van der Waals surface area contributed by atoms with Crippen LogP contribution in [0.3, 0.4) is 0 Å². The summed E-state index contributed by atoms with van der Waals surface area (Å²) in [6.07, 6.45) is 2.69. The van der Waals surface area contributed by atoms with E-state index < -0.39 is 17.1 Å². The molecule has 2 aliphatic rings. The van der Waals surface area contributed by atoms with E-state index in [9.17, 15) is 9.59 Å². The van der Waals surface area contributed by atoms with Crippen LogP contribution in [0, 0.1) is 24.6 Å². The van der Waals surface area contributed by atoms with Crippen LogP contribution in [0.4, 0.5) is 10.1 Å². The number of rotatable bonds is 3. The van der Waals surface area contributed by atoms with E-state index in [1.165, 1.54) is 6.07 Å². The van der Waals surface area contributed by atoms with Gasteiger partial charge in [0.25, 0.3) is 5.56 Å². The molecular weight excluding hydrogens is 361 g/mol. The first-order chi connectivity index (χ1) is 13.3. The summed E-state index contributed by atoms with van der Waals surface area (Å²) < 4.78 is 17.4. The average Bonchev–Trinajstić information content (AvgIpc) is 3.46. The van der Waals surface area contributed by atoms with E-state index in [1.807, 2.05) is 4.90 Å². The van der Waals surface area contributed by atoms with Crippen LogP contribution in [0.5, 0.6) is 0 Å². The summed E-state index contributed by atoms with van der Waals surface area (Å²) in [5, 5.41) is 0.147. The number of hydrogen-bond acceptors (Lipinski definition) is 5. The molecule has 2 aromatic rings. The fourth-order valence-electron chi connectivity index (χ4n) is 4.98. The Morgan fingerprint density at radius 3 is 2.50 bits per heavy atom. The molecule has 1 saturated heterocycles. The number of nitrogens with zero attached hydrogens (tertiary/aromatic N) is 3. The molecule has 8 heteroatoms. The minimum atomic E-state index is -0.666. The minimum Gasteiger partial charge on any atom is -0.367 e. The lowest BCUT2D eigenvalue weighted by Crippen LogP contribution is -2.53. The molecule has 1 aliphatic heterocycles. The molecule has 1 saturated carbocycles. The molecular formula is C20H28FN5O2. The predicted octanol–water partition coefficient (Wildman–Crippen LogP) is 1.47. The summed E-state index contributed by atoms with van der Waals surface area (Å²) in [6.45, 7) is 7.29. The third-order valence-electron chi connectivity index (χ3n) is 6.49. The zero-order chi connectivity index (χ0) is 20.3. The van der Waals surface area contributed by atoms with Gasteiger partial charge in [-0.05, 0) is 37.7 Å². The van der Waals surface area contributed by atoms with Crippen molar-refractivity contribution in [3.05, 3.63) is 38.3 Å². The molecule has 28 heavy (non-hydrogen) atoms. The van der Waals surface area contributed by atoms with Crippen molar-refractivity contribution in [1.82, 2.24) is 9.24 Å². The first-order valence-electron chi connectivity index (χ1n) is 10.0. The van der Waals surface area contributed by atoms with Gasteiger partial charge >= 0.3 is 5.69 Å². The largest absolute Gasteiger partial charge is 0.367 e. The Kier molecular flexibility index (Phi) is 4.49. The predicted molar refractivity (Wildman–Crippen MR) is 109 cm³/mol. The summed E-state index contributed by atoms with van der Waals surface area (Å²) in [5.74, 6) is 5.93. The smallest absolute Gasteiger partial charge is 0.350 e. The monoisotopic (exact) mass is 389 g/mol. The molecule has 2 fully saturated rings. The lowest BCUT2D eigenvalue weighted by Gasteiger charge is -2.42. The standard InChI is InChI=1S/C20H28FN5O2/c1-4-13-10(2)8-24(9-16(13)22)18-11(3)17-14(7-15(18)21)19(27)26(23)20(28)25(17)12-5-6-12/h7,10,12-13,16H,4-6,8-9,22-23H2,1-3H3/t10-,13-,16+/m0/s1. The second-order valence-electron chi connectivity index (χ2n) is 8.41. The van der Waals surface area contributed by atoms with Gasteiger partial charge in [0.15, 0.2) is 0 Å². The van der Waals surface area contributed by atoms with Gasteiger partial charge in [-0.1, -0.05) is 20.3 Å². The molecule has 1 aliphatic carbocycles. The summed E-state index contributed by atoms with van der Waals surface area (Å²) in [7, 11) is 0. The van der Waals surface area contributed by atoms with Gasteiger partial charge in [0.05, 0.1) is 16.6 Å². The molecule has 0 bridgehead atoms. The first-order valence-corrected chi connectivity index (χ1v) is 10.0. The second kappa shape index (κ2) is 6.62. The van der Waals surface area contributed by atoms with E-state index in [4.69, 9.17) is 11.6 Å². The van der Waals surface area contributed by atoms with E-state index in [0.717, 1.165) is 19.3 Å². The van der Waals surface area contributed by atoms with Crippen molar-refractivity contribution in [2.24, 2.45) is 17.6 Å². The Bertz CT molecular complexity index is 1040. The Morgan fingerprint density at radius 2 is 1.93 bits per heavy atom. The van der Waals surface area contributed by atoms with E-state index in [2.05, 4.69) is 13.8 Å². The van der Waals surface area contributed by atoms with Crippen LogP contribution in [0.2, 0.25) is 0 Å². The highest BCUT2D eigenvalue weighted by Gasteiger charge is 2.35. The Balaban J connectivity index is 1.94. The van der Waals surface area contributed by atoms with E-state index in [0.29, 0.717) is 46.4 Å². The summed E-state index contributed by atoms with van der Waals surface area (Å²) in [5.41, 5.74) is 6.71. The van der Waals surface area contributed by atoms with Crippen LogP contribution in [-0.2, 0) is 0 Å². The van der Waals surface area contributed by atoms with Gasteiger partial charge in [-0.15, -0.1) is 0 Å². The van der Waals surface area contributed by atoms with Gasteiger partial charge in [-0.3, -0.25) is 9.36 Å². The number of nitrogens with two attached hydrogens (primary N) is 2. The van der Waals surface area contributed by atoms with Crippen LogP contribution >= 0.6 is 0 Å². The maximum Gasteiger partial charge on any atom is 0.350 e. The molecule has 1 aromatic carbocycles. The molecule has 0 amide bonds. The van der Waals surface area contributed by atoms with Crippen LogP contribution in [-0.4, -0.2) is 28.4 Å². The number of hydrogen-bond donors (Lipinski definition) is 2. The van der Waals surface area contributed by atoms with Crippen molar-refractivity contribution in [3.63, 3.8) is 0 Å². The molecule has 152 valence electrons. The van der Waals surface area contributed by atoms with Gasteiger partial charge in [0.2, 0.25) is 0 Å². The van der Waals surface area contributed by atoms with E-state index >= 15 is 4.39 Å². The highest BCUT2D eigenvalue weighted by molar-refractivity contribution is 5.87. The molecule has 3 atom stereocenters. The first kappa shape index (κ1) is 19.0. The maximum absolute atomic E-state index is 15.2. The van der Waals surface area contributed by atoms with Crippen LogP contribution < -0.4 is 27.7 Å². The van der Waals surface area contributed by atoms with Crippen molar-refractivity contribution in [2.75, 3.05) is 23.8 Å². The number of anilines is 1. The van der Waals surface area contributed by atoms with Gasteiger partial charge < -0.3 is 16.5 Å². The maximum atomic E-state index is 15.2. The molecule has 0 unspecified atom stereocenters. The zero-order valence-electron chi connectivity index (χ0n) is 16.6. The van der Waals surface area contributed by atoms with Crippen LogP contribution in [0.25, 0.3) is 10.9 Å². The quantitative estimate of drug-likeness (QED) is 0.775. The number of aromatic nitrogens is 2. The normalized spacial score (nSPS) is 25.5. The van der Waals surface area contributed by atoms with Crippen molar-refractivity contribution in [1.29, 1.82) is 0 Å². The molecule has 4 N–H and O–H groups in total. The number of aryl methyl sites for hydroxylation is 1. The lowest BCUT2D eigenvalue weighted by atomic mass is 9.81. The number of halogens is 1. The molecule has 0 radical (unpaired) electrons. The van der Waals surface area contributed by atoms with Crippen molar-refractivity contribution < 1.29 is 4.39 Å². The topological polar surface area (TPSA) is 99.3 Å². The zero-order valence-corrected chi connectivity index (χ0v) is 16.6. The second-order valence-corrected chi connectivity index (χ2v) is 8.41. The van der Waals surface area contributed by atoms with Gasteiger partial charge in [-0.2, -0.15) is 4.68 Å². The highest BCUT2D eigenvalue weighted by Crippen LogP contribution is 2.39. The number of benzene rings is 1. The molecule has 1 aromatic heterocycles. The number of piperidine rings is 1. The molecule has 2 heterocycles. The fourth-order valence-corrected chi connectivity index (χ4v) is 4.98. The molecule has 7 nitrogen and oxygen atoms in total. The fraction of sp³-hybridized carbons (Fsp3) is 0.600. The summed E-state index contributed by atoms with van der Waals surface area (Å²) in [4.78, 5) is 27.2. The van der Waals surface area contributed by atoms with Gasteiger partial charge in [0.1, 0.15) is 5.82 Å². The lowest BCUT2D eigenvalue weighted by molar-refractivity contribution is 0.253. The number of fused-ring (bicyclic) bond motifs is 1.